The van der Waals surface area contributed by atoms with E-state index in [2.05, 4.69) is 29.0 Å². The Bertz CT molecular complexity index is 636. The fourth-order valence-corrected chi connectivity index (χ4v) is 2.30. The summed E-state index contributed by atoms with van der Waals surface area (Å²) >= 11 is 0. The van der Waals surface area contributed by atoms with Gasteiger partial charge in [-0.15, -0.1) is 0 Å². The van der Waals surface area contributed by atoms with Crippen molar-refractivity contribution in [2.24, 2.45) is 5.92 Å². The van der Waals surface area contributed by atoms with Gasteiger partial charge in [0.05, 0.1) is 18.3 Å². The monoisotopic (exact) mass is 326 g/mol. The van der Waals surface area contributed by atoms with E-state index in [1.54, 1.807) is 12.4 Å². The molecule has 0 fully saturated rings. The molecule has 128 valence electrons. The molecule has 2 rings (SSSR count). The smallest absolute Gasteiger partial charge is 0.314 e. The van der Waals surface area contributed by atoms with Gasteiger partial charge in [-0.2, -0.15) is 0 Å². The Morgan fingerprint density at radius 3 is 2.33 bits per heavy atom. The molecule has 24 heavy (non-hydrogen) atoms. The number of benzene rings is 1. The van der Waals surface area contributed by atoms with Gasteiger partial charge in [-0.3, -0.25) is 4.79 Å². The maximum atomic E-state index is 11.8. The van der Waals surface area contributed by atoms with E-state index in [4.69, 9.17) is 4.74 Å². The molecule has 0 spiro atoms. The molecule has 0 saturated carbocycles. The third kappa shape index (κ3) is 5.15. The van der Waals surface area contributed by atoms with E-state index in [9.17, 15) is 4.79 Å². The van der Waals surface area contributed by atoms with Gasteiger partial charge >= 0.3 is 5.97 Å². The Morgan fingerprint density at radius 2 is 1.75 bits per heavy atom. The van der Waals surface area contributed by atoms with E-state index in [0.717, 1.165) is 18.4 Å². The number of carbonyl (C=O) groups excluding carboxylic acids is 1. The molecular formula is C20H26N2O2. The van der Waals surface area contributed by atoms with E-state index in [1.165, 1.54) is 24.8 Å². The molecule has 4 nitrogen and oxygen atoms in total. The van der Waals surface area contributed by atoms with Gasteiger partial charge < -0.3 is 4.74 Å². The van der Waals surface area contributed by atoms with Crippen LogP contribution in [0.4, 0.5) is 0 Å². The Balaban J connectivity index is 1.98. The van der Waals surface area contributed by atoms with Crippen LogP contribution < -0.4 is 4.74 Å². The number of hydrogen-bond acceptors (Lipinski definition) is 4. The van der Waals surface area contributed by atoms with Crippen molar-refractivity contribution in [2.75, 3.05) is 0 Å². The largest absolute Gasteiger partial charge is 0.423 e. The highest BCUT2D eigenvalue weighted by Crippen LogP contribution is 2.19. The van der Waals surface area contributed by atoms with Crippen molar-refractivity contribution in [2.45, 2.75) is 52.9 Å². The number of rotatable bonds is 8. The summed E-state index contributed by atoms with van der Waals surface area (Å²) in [6.07, 6.45) is 8.70. The second-order valence-electron chi connectivity index (χ2n) is 6.13. The predicted octanol–water partition coefficient (Wildman–Crippen LogP) is 4.83. The molecule has 1 atom stereocenters. The summed E-state index contributed by atoms with van der Waals surface area (Å²) in [4.78, 5) is 20.4. The second kappa shape index (κ2) is 9.16. The van der Waals surface area contributed by atoms with E-state index in [-0.39, 0.29) is 11.9 Å². The quantitative estimate of drug-likeness (QED) is 0.515. The molecule has 1 heterocycles. The van der Waals surface area contributed by atoms with Gasteiger partial charge in [0.15, 0.2) is 11.6 Å². The van der Waals surface area contributed by atoms with Gasteiger partial charge in [-0.05, 0) is 24.8 Å². The molecular weight excluding hydrogens is 300 g/mol. The number of aromatic nitrogens is 2. The number of ether oxygens (including phenoxy) is 1. The topological polar surface area (TPSA) is 52.1 Å². The summed E-state index contributed by atoms with van der Waals surface area (Å²) < 4.78 is 5.27. The molecule has 0 bridgehead atoms. The molecule has 0 aliphatic rings. The normalized spacial score (nSPS) is 12.0. The van der Waals surface area contributed by atoms with Crippen LogP contribution in [0.2, 0.25) is 0 Å². The van der Waals surface area contributed by atoms with Crippen molar-refractivity contribution < 1.29 is 9.53 Å². The Morgan fingerprint density at radius 1 is 1.08 bits per heavy atom. The zero-order chi connectivity index (χ0) is 17.4. The number of aryl methyl sites for hydroxylation is 1. The lowest BCUT2D eigenvalue weighted by Gasteiger charge is -2.08. The first-order chi connectivity index (χ1) is 11.6. The highest BCUT2D eigenvalue weighted by molar-refractivity contribution is 5.74. The molecule has 0 aliphatic heterocycles. The first-order valence-electron chi connectivity index (χ1n) is 8.77. The van der Waals surface area contributed by atoms with Crippen molar-refractivity contribution in [3.8, 4) is 17.1 Å². The van der Waals surface area contributed by atoms with E-state index >= 15 is 0 Å². The van der Waals surface area contributed by atoms with Crippen molar-refractivity contribution in [3.05, 3.63) is 42.2 Å². The van der Waals surface area contributed by atoms with Crippen LogP contribution in [0.3, 0.4) is 0 Å². The average Bonchev–Trinajstić information content (AvgIpc) is 2.62. The highest BCUT2D eigenvalue weighted by Gasteiger charge is 2.13. The lowest BCUT2D eigenvalue weighted by molar-refractivity contribution is -0.138. The first kappa shape index (κ1) is 18.1. The Hall–Kier alpha value is -2.23. The molecule has 0 aliphatic carbocycles. The Labute approximate surface area is 144 Å². The van der Waals surface area contributed by atoms with Gasteiger partial charge in [-0.1, -0.05) is 57.9 Å². The number of nitrogens with zero attached hydrogens (tertiary/aromatic N) is 2. The van der Waals surface area contributed by atoms with Gasteiger partial charge in [0, 0.05) is 5.56 Å². The van der Waals surface area contributed by atoms with Crippen LogP contribution in [-0.4, -0.2) is 15.9 Å². The number of unbranched alkanes of at least 4 members (excludes halogenated alkanes) is 2. The molecule has 1 unspecified atom stereocenters. The third-order valence-electron chi connectivity index (χ3n) is 4.14. The summed E-state index contributed by atoms with van der Waals surface area (Å²) in [6.45, 7) is 6.02. The van der Waals surface area contributed by atoms with Gasteiger partial charge in [0.2, 0.25) is 0 Å². The lowest BCUT2D eigenvalue weighted by atomic mass is 10.1. The fraction of sp³-hybridized carbons (Fsp3) is 0.450. The fourth-order valence-electron chi connectivity index (χ4n) is 2.30. The number of esters is 1. The van der Waals surface area contributed by atoms with E-state index in [1.807, 2.05) is 26.0 Å². The zero-order valence-corrected chi connectivity index (χ0v) is 14.8. The Kier molecular flexibility index (Phi) is 6.91. The minimum absolute atomic E-state index is 0.120. The van der Waals surface area contributed by atoms with Gasteiger partial charge in [0.1, 0.15) is 0 Å². The lowest BCUT2D eigenvalue weighted by Crippen LogP contribution is -2.17. The molecule has 0 radical (unpaired) electrons. The molecule has 2 aromatic rings. The molecule has 1 aromatic carbocycles. The third-order valence-corrected chi connectivity index (χ3v) is 4.14. The number of carbonyl (C=O) groups is 1. The van der Waals surface area contributed by atoms with Gasteiger partial charge in [-0.25, -0.2) is 9.97 Å². The summed E-state index contributed by atoms with van der Waals surface area (Å²) in [5.74, 6) is 0.661. The highest BCUT2D eigenvalue weighted by atomic mass is 16.5. The van der Waals surface area contributed by atoms with Crippen molar-refractivity contribution in [3.63, 3.8) is 0 Å². The molecule has 4 heteroatoms. The van der Waals surface area contributed by atoms with Crippen molar-refractivity contribution >= 4 is 5.97 Å². The predicted molar refractivity (Wildman–Crippen MR) is 95.8 cm³/mol. The zero-order valence-electron chi connectivity index (χ0n) is 14.8. The van der Waals surface area contributed by atoms with Crippen LogP contribution in [0.1, 0.15) is 52.0 Å². The van der Waals surface area contributed by atoms with Crippen LogP contribution in [0, 0.1) is 5.92 Å². The first-order valence-corrected chi connectivity index (χ1v) is 8.77. The SMILES string of the molecule is CCCCCc1ccc(-c2ncc(OC(=O)C(C)CC)cn2)cc1. The van der Waals surface area contributed by atoms with Crippen molar-refractivity contribution in [1.82, 2.24) is 9.97 Å². The van der Waals surface area contributed by atoms with Crippen LogP contribution in [0.25, 0.3) is 11.4 Å². The number of hydrogen-bond donors (Lipinski definition) is 0. The minimum atomic E-state index is -0.245. The molecule has 1 aromatic heterocycles. The molecule has 0 saturated heterocycles. The summed E-state index contributed by atoms with van der Waals surface area (Å²) in [6, 6.07) is 8.35. The van der Waals surface area contributed by atoms with E-state index in [0.29, 0.717) is 11.6 Å². The van der Waals surface area contributed by atoms with Crippen LogP contribution in [-0.2, 0) is 11.2 Å². The van der Waals surface area contributed by atoms with Crippen LogP contribution >= 0.6 is 0 Å². The summed E-state index contributed by atoms with van der Waals surface area (Å²) in [5.41, 5.74) is 2.31. The van der Waals surface area contributed by atoms with Crippen LogP contribution in [0.5, 0.6) is 5.75 Å². The van der Waals surface area contributed by atoms with Gasteiger partial charge in [0.25, 0.3) is 0 Å². The molecule has 0 amide bonds. The van der Waals surface area contributed by atoms with Crippen LogP contribution in [0.15, 0.2) is 36.7 Å². The standard InChI is InChI=1S/C20H26N2O2/c1-4-6-7-8-16-9-11-17(12-10-16)19-21-13-18(14-22-19)24-20(23)15(3)5-2/h9-15H,4-8H2,1-3H3. The average molecular weight is 326 g/mol. The minimum Gasteiger partial charge on any atom is -0.423 e. The maximum Gasteiger partial charge on any atom is 0.314 e. The summed E-state index contributed by atoms with van der Waals surface area (Å²) in [5, 5.41) is 0. The van der Waals surface area contributed by atoms with Crippen molar-refractivity contribution in [1.29, 1.82) is 0 Å². The second-order valence-corrected chi connectivity index (χ2v) is 6.13. The van der Waals surface area contributed by atoms with E-state index < -0.39 is 0 Å². The summed E-state index contributed by atoms with van der Waals surface area (Å²) in [7, 11) is 0. The maximum absolute atomic E-state index is 11.8. The molecule has 0 N–H and O–H groups in total.